The summed E-state index contributed by atoms with van der Waals surface area (Å²) in [6.45, 7) is 4.61. The zero-order valence-corrected chi connectivity index (χ0v) is 14.3. The van der Waals surface area contributed by atoms with Crippen LogP contribution in [0.1, 0.15) is 42.6 Å². The summed E-state index contributed by atoms with van der Waals surface area (Å²) < 4.78 is 5.53. The molecule has 0 aromatic heterocycles. The molecule has 2 aliphatic heterocycles. The Morgan fingerprint density at radius 1 is 1.30 bits per heavy atom. The molecular formula is C17H22N2O3S. The molecule has 0 saturated carbocycles. The number of thioether (sulfide) groups is 1. The predicted molar refractivity (Wildman–Crippen MR) is 90.3 cm³/mol. The van der Waals surface area contributed by atoms with E-state index in [0.717, 1.165) is 24.8 Å². The van der Waals surface area contributed by atoms with Crippen molar-refractivity contribution in [3.05, 3.63) is 35.4 Å². The Balaban J connectivity index is 1.69. The number of amides is 3. The number of hydrogen-bond acceptors (Lipinski definition) is 4. The van der Waals surface area contributed by atoms with Gasteiger partial charge >= 0.3 is 6.03 Å². The van der Waals surface area contributed by atoms with Crippen molar-refractivity contribution in [3.63, 3.8) is 0 Å². The standard InChI is InChI=1S/C17H22N2O3S/c1-11-6-8-13(9-7-11)15-12(2)19(17(21)23-15)16(20)18-14-5-3-4-10-22-14/h6-9,12,14-15H,3-5,10H2,1-2H3,(H,18,20)/t12-,14?,15+/m0/s1. The Hall–Kier alpha value is -1.53. The Morgan fingerprint density at radius 2 is 2.04 bits per heavy atom. The van der Waals surface area contributed by atoms with Gasteiger partial charge < -0.3 is 10.1 Å². The Bertz CT molecular complexity index is 584. The van der Waals surface area contributed by atoms with Crippen molar-refractivity contribution in [1.29, 1.82) is 0 Å². The van der Waals surface area contributed by atoms with Gasteiger partial charge in [0.05, 0.1) is 11.3 Å². The molecule has 3 atom stereocenters. The summed E-state index contributed by atoms with van der Waals surface area (Å²) in [6, 6.07) is 7.60. The molecule has 3 rings (SSSR count). The molecule has 124 valence electrons. The topological polar surface area (TPSA) is 58.6 Å². The van der Waals surface area contributed by atoms with Crippen LogP contribution in [0.25, 0.3) is 0 Å². The molecule has 1 unspecified atom stereocenters. The molecule has 23 heavy (non-hydrogen) atoms. The maximum absolute atomic E-state index is 12.5. The third-order valence-electron chi connectivity index (χ3n) is 4.36. The molecule has 0 aliphatic carbocycles. The van der Waals surface area contributed by atoms with E-state index < -0.39 is 0 Å². The Kier molecular flexibility index (Phi) is 4.92. The lowest BCUT2D eigenvalue weighted by atomic mass is 10.0. The van der Waals surface area contributed by atoms with Gasteiger partial charge in [-0.2, -0.15) is 0 Å². The van der Waals surface area contributed by atoms with Crippen molar-refractivity contribution in [1.82, 2.24) is 10.2 Å². The lowest BCUT2D eigenvalue weighted by Crippen LogP contribution is -2.49. The van der Waals surface area contributed by atoms with Gasteiger partial charge in [-0.25, -0.2) is 4.79 Å². The van der Waals surface area contributed by atoms with Gasteiger partial charge in [-0.1, -0.05) is 41.6 Å². The second-order valence-electron chi connectivity index (χ2n) is 6.13. The van der Waals surface area contributed by atoms with Crippen LogP contribution in [-0.2, 0) is 4.74 Å². The maximum Gasteiger partial charge on any atom is 0.327 e. The minimum absolute atomic E-state index is 0.0267. The van der Waals surface area contributed by atoms with Gasteiger partial charge in [0.1, 0.15) is 6.23 Å². The molecule has 0 radical (unpaired) electrons. The van der Waals surface area contributed by atoms with Crippen LogP contribution in [0.5, 0.6) is 0 Å². The first-order valence-electron chi connectivity index (χ1n) is 8.05. The summed E-state index contributed by atoms with van der Waals surface area (Å²) in [7, 11) is 0. The summed E-state index contributed by atoms with van der Waals surface area (Å²) >= 11 is 1.22. The molecular weight excluding hydrogens is 312 g/mol. The van der Waals surface area contributed by atoms with Crippen molar-refractivity contribution in [3.8, 4) is 0 Å². The quantitative estimate of drug-likeness (QED) is 0.893. The molecule has 1 aromatic carbocycles. The fourth-order valence-corrected chi connectivity index (χ4v) is 4.19. The van der Waals surface area contributed by atoms with Crippen LogP contribution < -0.4 is 5.32 Å². The second kappa shape index (κ2) is 6.93. The van der Waals surface area contributed by atoms with Gasteiger partial charge in [0.15, 0.2) is 0 Å². The van der Waals surface area contributed by atoms with Crippen LogP contribution in [0.2, 0.25) is 0 Å². The average Bonchev–Trinajstić information content (AvgIpc) is 2.84. The maximum atomic E-state index is 12.5. The molecule has 6 heteroatoms. The highest BCUT2D eigenvalue weighted by Gasteiger charge is 2.42. The fraction of sp³-hybridized carbons (Fsp3) is 0.529. The monoisotopic (exact) mass is 334 g/mol. The van der Waals surface area contributed by atoms with E-state index in [1.807, 2.05) is 38.1 Å². The molecule has 2 aliphatic rings. The normalized spacial score (nSPS) is 28.0. The van der Waals surface area contributed by atoms with Crippen LogP contribution in [0, 0.1) is 6.92 Å². The van der Waals surface area contributed by atoms with Gasteiger partial charge in [-0.15, -0.1) is 0 Å². The zero-order valence-electron chi connectivity index (χ0n) is 13.5. The van der Waals surface area contributed by atoms with E-state index >= 15 is 0 Å². The third-order valence-corrected chi connectivity index (χ3v) is 5.68. The number of carbonyl (C=O) groups is 2. The summed E-state index contributed by atoms with van der Waals surface area (Å²) in [5, 5.41) is 2.61. The fourth-order valence-electron chi connectivity index (χ4n) is 3.00. The average molecular weight is 334 g/mol. The van der Waals surface area contributed by atoms with E-state index in [1.165, 1.54) is 22.2 Å². The minimum atomic E-state index is -0.350. The van der Waals surface area contributed by atoms with E-state index in [-0.39, 0.29) is 28.8 Å². The van der Waals surface area contributed by atoms with Crippen molar-refractivity contribution in [2.24, 2.45) is 0 Å². The van der Waals surface area contributed by atoms with Gasteiger partial charge in [0, 0.05) is 6.61 Å². The van der Waals surface area contributed by atoms with E-state index in [2.05, 4.69) is 5.32 Å². The summed E-state index contributed by atoms with van der Waals surface area (Å²) in [5.41, 5.74) is 2.26. The number of carbonyl (C=O) groups excluding carboxylic acids is 2. The van der Waals surface area contributed by atoms with Gasteiger partial charge in [0.2, 0.25) is 0 Å². The lowest BCUT2D eigenvalue weighted by molar-refractivity contribution is 0.00000406. The van der Waals surface area contributed by atoms with Crippen LogP contribution >= 0.6 is 11.8 Å². The lowest BCUT2D eigenvalue weighted by Gasteiger charge is -2.27. The number of benzene rings is 1. The highest BCUT2D eigenvalue weighted by atomic mass is 32.2. The van der Waals surface area contributed by atoms with Gasteiger partial charge in [0.25, 0.3) is 5.24 Å². The van der Waals surface area contributed by atoms with Crippen molar-refractivity contribution >= 4 is 23.0 Å². The predicted octanol–water partition coefficient (Wildman–Crippen LogP) is 3.83. The zero-order chi connectivity index (χ0) is 16.4. The van der Waals surface area contributed by atoms with E-state index in [9.17, 15) is 9.59 Å². The van der Waals surface area contributed by atoms with E-state index in [0.29, 0.717) is 6.61 Å². The second-order valence-corrected chi connectivity index (χ2v) is 7.22. The first-order chi connectivity index (χ1) is 11.1. The molecule has 1 aromatic rings. The number of nitrogens with one attached hydrogen (secondary N) is 1. The van der Waals surface area contributed by atoms with Crippen molar-refractivity contribution in [2.45, 2.75) is 50.6 Å². The van der Waals surface area contributed by atoms with Gasteiger partial charge in [-0.05, 0) is 38.7 Å². The summed E-state index contributed by atoms with van der Waals surface area (Å²) in [6.07, 6.45) is 2.59. The van der Waals surface area contributed by atoms with Crippen LogP contribution in [0.3, 0.4) is 0 Å². The molecule has 3 amide bonds. The summed E-state index contributed by atoms with van der Waals surface area (Å²) in [5.74, 6) is 0. The van der Waals surface area contributed by atoms with Crippen LogP contribution in [0.4, 0.5) is 9.59 Å². The smallest absolute Gasteiger partial charge is 0.327 e. The molecule has 0 spiro atoms. The number of hydrogen-bond donors (Lipinski definition) is 1. The van der Waals surface area contributed by atoms with Crippen molar-refractivity contribution in [2.75, 3.05) is 6.61 Å². The molecule has 0 bridgehead atoms. The Labute approximate surface area is 140 Å². The van der Waals surface area contributed by atoms with Crippen LogP contribution in [-0.4, -0.2) is 35.0 Å². The molecule has 2 fully saturated rings. The number of aryl methyl sites for hydroxylation is 1. The molecule has 2 heterocycles. The third kappa shape index (κ3) is 3.53. The van der Waals surface area contributed by atoms with E-state index in [4.69, 9.17) is 4.74 Å². The first kappa shape index (κ1) is 16.3. The molecule has 2 saturated heterocycles. The minimum Gasteiger partial charge on any atom is -0.358 e. The summed E-state index contributed by atoms with van der Waals surface area (Å²) in [4.78, 5) is 26.1. The first-order valence-corrected chi connectivity index (χ1v) is 8.93. The molecule has 5 nitrogen and oxygen atoms in total. The van der Waals surface area contributed by atoms with Crippen LogP contribution in [0.15, 0.2) is 24.3 Å². The van der Waals surface area contributed by atoms with Gasteiger partial charge in [-0.3, -0.25) is 9.69 Å². The SMILES string of the molecule is Cc1ccc([C@@H]2SC(=O)N(C(=O)NC3CCCCO3)[C@H]2C)cc1. The Morgan fingerprint density at radius 3 is 2.70 bits per heavy atom. The number of rotatable bonds is 2. The highest BCUT2D eigenvalue weighted by Crippen LogP contribution is 2.43. The number of nitrogens with zero attached hydrogens (tertiary/aromatic N) is 1. The number of urea groups is 1. The molecule has 1 N–H and O–H groups in total. The van der Waals surface area contributed by atoms with Crippen molar-refractivity contribution < 1.29 is 14.3 Å². The largest absolute Gasteiger partial charge is 0.358 e. The highest BCUT2D eigenvalue weighted by molar-refractivity contribution is 8.14. The number of ether oxygens (including phenoxy) is 1. The number of imide groups is 1. The van der Waals surface area contributed by atoms with E-state index in [1.54, 1.807) is 0 Å².